The largest absolute Gasteiger partial charge is 0.495 e. The average molecular weight is 514 g/mol. The number of methoxy groups -OCH3 is 1. The number of pyridine rings is 1. The summed E-state index contributed by atoms with van der Waals surface area (Å²) in [5.41, 5.74) is 4.81. The molecule has 9 heteroatoms. The Hall–Kier alpha value is -3.72. The van der Waals surface area contributed by atoms with Crippen molar-refractivity contribution in [2.24, 2.45) is 0 Å². The summed E-state index contributed by atoms with van der Waals surface area (Å²) in [6.07, 6.45) is 4.50. The molecule has 2 aromatic carbocycles. The maximum atomic E-state index is 13.7. The molecule has 1 saturated heterocycles. The fourth-order valence-electron chi connectivity index (χ4n) is 6.20. The molecule has 4 aromatic rings. The number of fused-ring (bicyclic) bond motifs is 1. The molecule has 2 aromatic heterocycles. The molecule has 1 saturated carbocycles. The second-order valence-electron chi connectivity index (χ2n) is 10.6. The molecule has 0 amide bonds. The molecule has 1 N–H and O–H groups in total. The predicted molar refractivity (Wildman–Crippen MR) is 148 cm³/mol. The number of tetrazole rings is 1. The Morgan fingerprint density at radius 1 is 1.00 bits per heavy atom. The summed E-state index contributed by atoms with van der Waals surface area (Å²) in [6, 6.07) is 14.3. The molecule has 0 radical (unpaired) electrons. The topological polar surface area (TPSA) is 92.2 Å². The van der Waals surface area contributed by atoms with Crippen molar-refractivity contribution >= 4 is 16.6 Å². The van der Waals surface area contributed by atoms with Gasteiger partial charge in [-0.2, -0.15) is 0 Å². The van der Waals surface area contributed by atoms with Gasteiger partial charge in [-0.3, -0.25) is 9.69 Å². The minimum Gasteiger partial charge on any atom is -0.495 e. The highest BCUT2D eigenvalue weighted by Crippen LogP contribution is 2.36. The highest BCUT2D eigenvalue weighted by molar-refractivity contribution is 5.85. The normalized spacial score (nSPS) is 17.8. The van der Waals surface area contributed by atoms with Crippen LogP contribution < -0.4 is 15.2 Å². The number of piperazine rings is 1. The number of para-hydroxylation sites is 2. The number of ether oxygens (including phenoxy) is 1. The van der Waals surface area contributed by atoms with Crippen molar-refractivity contribution in [3.63, 3.8) is 0 Å². The fourth-order valence-corrected chi connectivity index (χ4v) is 6.20. The monoisotopic (exact) mass is 513 g/mol. The Morgan fingerprint density at radius 3 is 2.50 bits per heavy atom. The van der Waals surface area contributed by atoms with Crippen molar-refractivity contribution < 1.29 is 4.74 Å². The van der Waals surface area contributed by atoms with Gasteiger partial charge in [0.15, 0.2) is 5.82 Å². The molecule has 2 aliphatic rings. The maximum Gasteiger partial charge on any atom is 0.253 e. The quantitative estimate of drug-likeness (QED) is 0.414. The van der Waals surface area contributed by atoms with Crippen LogP contribution in [0, 0.1) is 13.8 Å². The smallest absolute Gasteiger partial charge is 0.253 e. The van der Waals surface area contributed by atoms with Crippen molar-refractivity contribution in [1.82, 2.24) is 30.1 Å². The van der Waals surface area contributed by atoms with E-state index in [0.29, 0.717) is 5.56 Å². The number of rotatable bonds is 6. The Morgan fingerprint density at radius 2 is 1.74 bits per heavy atom. The molecule has 1 unspecified atom stereocenters. The molecule has 0 spiro atoms. The van der Waals surface area contributed by atoms with Crippen LogP contribution in [0.3, 0.4) is 0 Å². The van der Waals surface area contributed by atoms with E-state index in [1.807, 2.05) is 29.8 Å². The molecule has 6 rings (SSSR count). The van der Waals surface area contributed by atoms with Gasteiger partial charge in [-0.1, -0.05) is 37.1 Å². The predicted octanol–water partition coefficient (Wildman–Crippen LogP) is 4.17. The summed E-state index contributed by atoms with van der Waals surface area (Å²) in [7, 11) is 1.71. The summed E-state index contributed by atoms with van der Waals surface area (Å²) in [5.74, 6) is 1.64. The lowest BCUT2D eigenvalue weighted by molar-refractivity contribution is 0.196. The number of benzene rings is 2. The summed E-state index contributed by atoms with van der Waals surface area (Å²) < 4.78 is 7.62. The van der Waals surface area contributed by atoms with E-state index in [4.69, 9.17) is 4.74 Å². The molecular weight excluding hydrogens is 478 g/mol. The van der Waals surface area contributed by atoms with Gasteiger partial charge in [0.25, 0.3) is 5.56 Å². The zero-order valence-electron chi connectivity index (χ0n) is 22.4. The third-order valence-corrected chi connectivity index (χ3v) is 8.31. The van der Waals surface area contributed by atoms with Crippen molar-refractivity contribution in [3.05, 3.63) is 75.3 Å². The lowest BCUT2D eigenvalue weighted by Crippen LogP contribution is -2.49. The highest BCUT2D eigenvalue weighted by Gasteiger charge is 2.35. The van der Waals surface area contributed by atoms with Crippen LogP contribution in [-0.4, -0.2) is 63.4 Å². The molecule has 38 heavy (non-hydrogen) atoms. The van der Waals surface area contributed by atoms with Crippen LogP contribution in [-0.2, 0) is 0 Å². The number of aryl methyl sites for hydroxylation is 2. The number of hydrogen-bond donors (Lipinski definition) is 1. The van der Waals surface area contributed by atoms with Gasteiger partial charge in [0.2, 0.25) is 0 Å². The van der Waals surface area contributed by atoms with Crippen LogP contribution in [0.4, 0.5) is 5.69 Å². The molecular formula is C29H35N7O2. The van der Waals surface area contributed by atoms with E-state index >= 15 is 0 Å². The molecule has 0 bridgehead atoms. The molecule has 3 heterocycles. The molecule has 9 nitrogen and oxygen atoms in total. The molecule has 198 valence electrons. The van der Waals surface area contributed by atoms with E-state index in [0.717, 1.165) is 78.3 Å². The Bertz CT molecular complexity index is 1500. The summed E-state index contributed by atoms with van der Waals surface area (Å²) >= 11 is 0. The first-order chi connectivity index (χ1) is 18.5. The second-order valence-corrected chi connectivity index (χ2v) is 10.6. The average Bonchev–Trinajstić information content (AvgIpc) is 3.65. The number of aromatic amines is 1. The fraction of sp³-hybridized carbons (Fsp3) is 0.448. The lowest BCUT2D eigenvalue weighted by atomic mass is 9.99. The number of hydrogen-bond acceptors (Lipinski definition) is 7. The van der Waals surface area contributed by atoms with Crippen LogP contribution >= 0.6 is 0 Å². The van der Waals surface area contributed by atoms with Crippen LogP contribution in [0.1, 0.15) is 60.3 Å². The van der Waals surface area contributed by atoms with Gasteiger partial charge >= 0.3 is 0 Å². The van der Waals surface area contributed by atoms with E-state index in [9.17, 15) is 4.79 Å². The first kappa shape index (κ1) is 24.6. The zero-order valence-corrected chi connectivity index (χ0v) is 22.4. The molecule has 1 aliphatic heterocycles. The first-order valence-corrected chi connectivity index (χ1v) is 13.6. The molecule has 1 atom stereocenters. The van der Waals surface area contributed by atoms with Crippen LogP contribution in [0.5, 0.6) is 5.75 Å². The van der Waals surface area contributed by atoms with Gasteiger partial charge in [0.1, 0.15) is 11.8 Å². The second kappa shape index (κ2) is 10.2. The van der Waals surface area contributed by atoms with Crippen molar-refractivity contribution in [2.75, 3.05) is 38.2 Å². The van der Waals surface area contributed by atoms with E-state index < -0.39 is 0 Å². The lowest BCUT2D eigenvalue weighted by Gasteiger charge is -2.40. The van der Waals surface area contributed by atoms with Crippen molar-refractivity contribution in [1.29, 1.82) is 0 Å². The number of nitrogens with zero attached hydrogens (tertiary/aromatic N) is 6. The summed E-state index contributed by atoms with van der Waals surface area (Å²) in [5, 5.41) is 14.2. The minimum atomic E-state index is -0.335. The van der Waals surface area contributed by atoms with Crippen LogP contribution in [0.15, 0.2) is 47.3 Å². The van der Waals surface area contributed by atoms with Gasteiger partial charge in [-0.25, -0.2) is 4.68 Å². The molecule has 2 fully saturated rings. The molecule has 1 aliphatic carbocycles. The van der Waals surface area contributed by atoms with E-state index in [-0.39, 0.29) is 17.6 Å². The van der Waals surface area contributed by atoms with E-state index in [2.05, 4.69) is 61.5 Å². The van der Waals surface area contributed by atoms with Crippen molar-refractivity contribution in [3.8, 4) is 5.75 Å². The third-order valence-electron chi connectivity index (χ3n) is 8.31. The number of aromatic nitrogens is 5. The van der Waals surface area contributed by atoms with Gasteiger partial charge in [0, 0.05) is 37.1 Å². The first-order valence-electron chi connectivity index (χ1n) is 13.6. The summed E-state index contributed by atoms with van der Waals surface area (Å²) in [6.45, 7) is 7.28. The van der Waals surface area contributed by atoms with Crippen LogP contribution in [0.25, 0.3) is 10.9 Å². The highest BCUT2D eigenvalue weighted by atomic mass is 16.5. The van der Waals surface area contributed by atoms with Gasteiger partial charge in [-0.05, 0) is 66.4 Å². The maximum absolute atomic E-state index is 13.7. The zero-order chi connectivity index (χ0) is 26.2. The van der Waals surface area contributed by atoms with E-state index in [1.54, 1.807) is 7.11 Å². The Kier molecular flexibility index (Phi) is 6.61. The SMILES string of the molecule is COc1ccccc1N1CCN(C(c2cc3c(C)ccc(C)c3[nH]c2=O)c2nnnn2C2CCCC2)CC1. The van der Waals surface area contributed by atoms with Gasteiger partial charge in [0.05, 0.1) is 24.4 Å². The van der Waals surface area contributed by atoms with Crippen molar-refractivity contribution in [2.45, 2.75) is 51.6 Å². The Labute approximate surface area is 222 Å². The number of H-pyrrole nitrogens is 1. The third kappa shape index (κ3) is 4.34. The van der Waals surface area contributed by atoms with E-state index in [1.165, 1.54) is 12.8 Å². The Balaban J connectivity index is 1.41. The number of anilines is 1. The van der Waals surface area contributed by atoms with Gasteiger partial charge in [-0.15, -0.1) is 5.10 Å². The number of nitrogens with one attached hydrogen (secondary N) is 1. The standard InChI is InChI=1S/C29H35N7O2/c1-19-12-13-20(2)26-22(19)18-23(29(37)30-26)27(28-31-32-33-36(28)21-8-4-5-9-21)35-16-14-34(15-17-35)24-10-6-7-11-25(24)38-3/h6-7,10-13,18,21,27H,4-5,8-9,14-17H2,1-3H3,(H,30,37). The minimum absolute atomic E-state index is 0.0793. The summed E-state index contributed by atoms with van der Waals surface area (Å²) in [4.78, 5) is 21.6. The van der Waals surface area contributed by atoms with Gasteiger partial charge < -0.3 is 14.6 Å². The van der Waals surface area contributed by atoms with Crippen LogP contribution in [0.2, 0.25) is 0 Å².